The SMILES string of the molecule is CN1C=CNC1Br. The Morgan fingerprint density at radius 2 is 2.57 bits per heavy atom. The summed E-state index contributed by atoms with van der Waals surface area (Å²) in [5, 5.41) is 3.33. The molecule has 7 heavy (non-hydrogen) atoms. The van der Waals surface area contributed by atoms with E-state index in [4.69, 9.17) is 0 Å². The van der Waals surface area contributed by atoms with Gasteiger partial charge in [-0.1, -0.05) is 0 Å². The highest BCUT2D eigenvalue weighted by molar-refractivity contribution is 9.09. The predicted octanol–water partition coefficient (Wildman–Crippen LogP) is 0.671. The van der Waals surface area contributed by atoms with Crippen molar-refractivity contribution >= 4 is 15.9 Å². The van der Waals surface area contributed by atoms with E-state index >= 15 is 0 Å². The number of nitrogens with zero attached hydrogens (tertiary/aromatic N) is 1. The number of hydrogen-bond acceptors (Lipinski definition) is 2. The smallest absolute Gasteiger partial charge is 0.156 e. The molecule has 0 fully saturated rings. The molecule has 40 valence electrons. The van der Waals surface area contributed by atoms with Crippen molar-refractivity contribution in [3.8, 4) is 0 Å². The van der Waals surface area contributed by atoms with Crippen molar-refractivity contribution in [3.05, 3.63) is 12.4 Å². The summed E-state index contributed by atoms with van der Waals surface area (Å²) in [5.41, 5.74) is 0. The molecule has 3 heteroatoms. The van der Waals surface area contributed by atoms with E-state index in [2.05, 4.69) is 21.2 Å². The summed E-state index contributed by atoms with van der Waals surface area (Å²) in [6.07, 6.45) is 3.87. The van der Waals surface area contributed by atoms with Gasteiger partial charge in [-0.2, -0.15) is 0 Å². The van der Waals surface area contributed by atoms with Crippen molar-refractivity contribution < 1.29 is 0 Å². The summed E-state index contributed by atoms with van der Waals surface area (Å²) in [4.78, 5) is 2.03. The van der Waals surface area contributed by atoms with Gasteiger partial charge in [-0.25, -0.2) is 0 Å². The molecule has 0 saturated heterocycles. The van der Waals surface area contributed by atoms with Crippen molar-refractivity contribution in [1.82, 2.24) is 10.2 Å². The molecule has 0 aromatic carbocycles. The van der Waals surface area contributed by atoms with Crippen molar-refractivity contribution in [3.63, 3.8) is 0 Å². The van der Waals surface area contributed by atoms with Gasteiger partial charge in [0.25, 0.3) is 0 Å². The van der Waals surface area contributed by atoms with Crippen LogP contribution in [-0.4, -0.2) is 17.0 Å². The zero-order valence-electron chi connectivity index (χ0n) is 4.06. The summed E-state index contributed by atoms with van der Waals surface area (Å²) in [6, 6.07) is 0. The van der Waals surface area contributed by atoms with Crippen LogP contribution in [0.1, 0.15) is 0 Å². The molecule has 0 radical (unpaired) electrons. The quantitative estimate of drug-likeness (QED) is 0.417. The van der Waals surface area contributed by atoms with E-state index < -0.39 is 0 Å². The molecule has 0 bridgehead atoms. The fraction of sp³-hybridized carbons (Fsp3) is 0.500. The first-order valence-electron chi connectivity index (χ1n) is 2.09. The number of rotatable bonds is 0. The molecule has 1 aliphatic heterocycles. The lowest BCUT2D eigenvalue weighted by Crippen LogP contribution is -2.25. The minimum absolute atomic E-state index is 0.299. The summed E-state index contributed by atoms with van der Waals surface area (Å²) in [5.74, 6) is 0. The normalized spacial score (nSPS) is 28.3. The van der Waals surface area contributed by atoms with Crippen molar-refractivity contribution in [2.75, 3.05) is 7.05 Å². The Hall–Kier alpha value is -0.180. The van der Waals surface area contributed by atoms with Gasteiger partial charge in [-0.05, 0) is 15.9 Å². The second kappa shape index (κ2) is 1.74. The van der Waals surface area contributed by atoms with Crippen LogP contribution in [0.5, 0.6) is 0 Å². The minimum Gasteiger partial charge on any atom is -0.361 e. The molecule has 0 saturated carbocycles. The van der Waals surface area contributed by atoms with Gasteiger partial charge >= 0.3 is 0 Å². The average Bonchev–Trinajstić information content (AvgIpc) is 1.91. The lowest BCUT2D eigenvalue weighted by Gasteiger charge is -2.12. The van der Waals surface area contributed by atoms with Crippen molar-refractivity contribution in [1.29, 1.82) is 0 Å². The van der Waals surface area contributed by atoms with Crippen LogP contribution in [0.2, 0.25) is 0 Å². The summed E-state index contributed by atoms with van der Waals surface area (Å²) >= 11 is 3.36. The standard InChI is InChI=1S/C4H7BrN2/c1-7-3-2-6-4(7)5/h2-4,6H,1H3. The van der Waals surface area contributed by atoms with Gasteiger partial charge in [0.15, 0.2) is 5.08 Å². The second-order valence-electron chi connectivity index (χ2n) is 1.48. The molecule has 0 aliphatic carbocycles. The van der Waals surface area contributed by atoms with Gasteiger partial charge in [0, 0.05) is 19.4 Å². The van der Waals surface area contributed by atoms with Crippen LogP contribution in [0.15, 0.2) is 12.4 Å². The van der Waals surface area contributed by atoms with E-state index in [0.29, 0.717) is 5.08 Å². The minimum atomic E-state index is 0.299. The summed E-state index contributed by atoms with van der Waals surface area (Å²) < 4.78 is 0. The van der Waals surface area contributed by atoms with E-state index in [1.54, 1.807) is 0 Å². The van der Waals surface area contributed by atoms with Crippen LogP contribution >= 0.6 is 15.9 Å². The van der Waals surface area contributed by atoms with Gasteiger partial charge in [0.1, 0.15) is 0 Å². The Bertz CT molecular complexity index is 91.7. The van der Waals surface area contributed by atoms with Crippen molar-refractivity contribution in [2.45, 2.75) is 5.08 Å². The maximum Gasteiger partial charge on any atom is 0.156 e. The Labute approximate surface area is 51.3 Å². The van der Waals surface area contributed by atoms with E-state index in [9.17, 15) is 0 Å². The van der Waals surface area contributed by atoms with Crippen LogP contribution < -0.4 is 5.32 Å². The Balaban J connectivity index is 2.45. The monoisotopic (exact) mass is 162 g/mol. The predicted molar refractivity (Wildman–Crippen MR) is 32.8 cm³/mol. The molecule has 1 heterocycles. The average molecular weight is 163 g/mol. The molecule has 0 aromatic rings. The molecule has 0 aromatic heterocycles. The third-order valence-electron chi connectivity index (χ3n) is 0.901. The topological polar surface area (TPSA) is 15.3 Å². The highest BCUT2D eigenvalue weighted by Crippen LogP contribution is 2.05. The first-order valence-corrected chi connectivity index (χ1v) is 3.01. The summed E-state index contributed by atoms with van der Waals surface area (Å²) in [7, 11) is 2.00. The first kappa shape index (κ1) is 4.97. The highest BCUT2D eigenvalue weighted by atomic mass is 79.9. The number of alkyl halides is 1. The van der Waals surface area contributed by atoms with Crippen LogP contribution in [-0.2, 0) is 0 Å². The molecular formula is C4H7BrN2. The number of hydrogen-bond donors (Lipinski definition) is 1. The first-order chi connectivity index (χ1) is 3.30. The lowest BCUT2D eigenvalue weighted by atomic mass is 10.9. The van der Waals surface area contributed by atoms with Gasteiger partial charge < -0.3 is 10.2 Å². The zero-order valence-corrected chi connectivity index (χ0v) is 5.64. The molecule has 1 atom stereocenters. The zero-order chi connectivity index (χ0) is 5.28. The van der Waals surface area contributed by atoms with Gasteiger partial charge in [0.05, 0.1) is 0 Å². The van der Waals surface area contributed by atoms with E-state index in [-0.39, 0.29) is 0 Å². The summed E-state index contributed by atoms with van der Waals surface area (Å²) in [6.45, 7) is 0. The van der Waals surface area contributed by atoms with Gasteiger partial charge in [-0.15, -0.1) is 0 Å². The van der Waals surface area contributed by atoms with Gasteiger partial charge in [-0.3, -0.25) is 0 Å². The van der Waals surface area contributed by atoms with Gasteiger partial charge in [0.2, 0.25) is 0 Å². The second-order valence-corrected chi connectivity index (χ2v) is 2.35. The number of halogens is 1. The Kier molecular flexibility index (Phi) is 1.23. The molecule has 0 amide bonds. The van der Waals surface area contributed by atoms with Crippen molar-refractivity contribution in [2.24, 2.45) is 0 Å². The maximum absolute atomic E-state index is 3.36. The molecule has 1 aliphatic rings. The Morgan fingerprint density at radius 3 is 2.71 bits per heavy atom. The third kappa shape index (κ3) is 0.881. The Morgan fingerprint density at radius 1 is 1.86 bits per heavy atom. The molecule has 2 nitrogen and oxygen atoms in total. The highest BCUT2D eigenvalue weighted by Gasteiger charge is 2.07. The largest absolute Gasteiger partial charge is 0.361 e. The molecular weight excluding hydrogens is 156 g/mol. The molecule has 0 spiro atoms. The molecule has 1 unspecified atom stereocenters. The molecule has 1 rings (SSSR count). The maximum atomic E-state index is 3.36. The lowest BCUT2D eigenvalue weighted by molar-refractivity contribution is 0.444. The van der Waals surface area contributed by atoms with Crippen LogP contribution in [0, 0.1) is 0 Å². The van der Waals surface area contributed by atoms with E-state index in [1.807, 2.05) is 24.3 Å². The third-order valence-corrected chi connectivity index (χ3v) is 1.81. The van der Waals surface area contributed by atoms with Crippen LogP contribution in [0.4, 0.5) is 0 Å². The van der Waals surface area contributed by atoms with E-state index in [1.165, 1.54) is 0 Å². The fourth-order valence-electron chi connectivity index (χ4n) is 0.433. The van der Waals surface area contributed by atoms with E-state index in [0.717, 1.165) is 0 Å². The molecule has 1 N–H and O–H groups in total. The number of nitrogens with one attached hydrogen (secondary N) is 1. The van der Waals surface area contributed by atoms with Crippen LogP contribution in [0.3, 0.4) is 0 Å². The van der Waals surface area contributed by atoms with Crippen LogP contribution in [0.25, 0.3) is 0 Å². The fourth-order valence-corrected chi connectivity index (χ4v) is 0.722.